The van der Waals surface area contributed by atoms with Crippen LogP contribution in [0.5, 0.6) is 0 Å². The summed E-state index contributed by atoms with van der Waals surface area (Å²) < 4.78 is 11.8. The van der Waals surface area contributed by atoms with Crippen LogP contribution in [0.3, 0.4) is 0 Å². The molecule has 5 heteroatoms. The molecule has 3 saturated heterocycles. The monoisotopic (exact) mass is 331 g/mol. The van der Waals surface area contributed by atoms with Gasteiger partial charge >= 0.3 is 0 Å². The van der Waals surface area contributed by atoms with E-state index in [4.69, 9.17) is 9.47 Å². The highest BCUT2D eigenvalue weighted by Gasteiger charge is 2.44. The first-order valence-corrected chi connectivity index (χ1v) is 10.7. The molecule has 3 heterocycles. The van der Waals surface area contributed by atoms with E-state index in [9.17, 15) is 0 Å². The largest absolute Gasteiger partial charge is 0.378 e. The minimum Gasteiger partial charge on any atom is -0.378 e. The van der Waals surface area contributed by atoms with Gasteiger partial charge in [-0.15, -0.1) is 0 Å². The van der Waals surface area contributed by atoms with Crippen molar-refractivity contribution in [1.29, 1.82) is 0 Å². The fourth-order valence-corrected chi connectivity index (χ4v) is 6.83. The van der Waals surface area contributed by atoms with Gasteiger partial charge < -0.3 is 14.8 Å². The van der Waals surface area contributed by atoms with Crippen LogP contribution in [0.25, 0.3) is 0 Å². The average molecular weight is 332 g/mol. The standard InChI is InChI=1S/C16H29NO2S2/c1-2-5-17-15(14-11-20-8-9-21-14)13-3-6-19-16(10-13)4-7-18-12-16/h13-15,17H,2-12H2,1H3. The molecule has 0 bridgehead atoms. The van der Waals surface area contributed by atoms with Crippen molar-refractivity contribution < 1.29 is 9.47 Å². The summed E-state index contributed by atoms with van der Waals surface area (Å²) in [6, 6.07) is 0.657. The first-order chi connectivity index (χ1) is 10.3. The van der Waals surface area contributed by atoms with Gasteiger partial charge in [-0.2, -0.15) is 23.5 Å². The molecule has 4 atom stereocenters. The number of ether oxygens (including phenoxy) is 2. The van der Waals surface area contributed by atoms with Gasteiger partial charge in [-0.1, -0.05) is 6.92 Å². The fourth-order valence-electron chi connectivity index (χ4n) is 3.86. The lowest BCUT2D eigenvalue weighted by Gasteiger charge is -2.43. The van der Waals surface area contributed by atoms with Crippen molar-refractivity contribution in [3.8, 4) is 0 Å². The van der Waals surface area contributed by atoms with E-state index < -0.39 is 0 Å². The molecule has 0 aromatic rings. The Bertz CT molecular complexity index is 317. The summed E-state index contributed by atoms with van der Waals surface area (Å²) in [4.78, 5) is 0. The quantitative estimate of drug-likeness (QED) is 0.837. The van der Waals surface area contributed by atoms with Crippen LogP contribution in [0.1, 0.15) is 32.6 Å². The van der Waals surface area contributed by atoms with Crippen LogP contribution >= 0.6 is 23.5 Å². The third kappa shape index (κ3) is 4.11. The van der Waals surface area contributed by atoms with Crippen LogP contribution in [0.15, 0.2) is 0 Å². The Morgan fingerprint density at radius 3 is 3.00 bits per heavy atom. The molecule has 3 fully saturated rings. The summed E-state index contributed by atoms with van der Waals surface area (Å²) in [5.41, 5.74) is 0.0432. The second-order valence-corrected chi connectivity index (χ2v) is 9.05. The number of rotatable bonds is 5. The van der Waals surface area contributed by atoms with Crippen molar-refractivity contribution >= 4 is 23.5 Å². The third-order valence-corrected chi connectivity index (χ3v) is 7.86. The predicted molar refractivity (Wildman–Crippen MR) is 92.5 cm³/mol. The van der Waals surface area contributed by atoms with Crippen molar-refractivity contribution in [2.45, 2.75) is 49.5 Å². The highest BCUT2D eigenvalue weighted by atomic mass is 32.2. The Labute approximate surface area is 137 Å². The maximum Gasteiger partial charge on any atom is 0.0939 e. The summed E-state index contributed by atoms with van der Waals surface area (Å²) >= 11 is 4.33. The van der Waals surface area contributed by atoms with Gasteiger partial charge in [-0.05, 0) is 31.7 Å². The zero-order valence-electron chi connectivity index (χ0n) is 13.1. The molecule has 3 nitrogen and oxygen atoms in total. The normalized spacial score (nSPS) is 38.7. The zero-order valence-corrected chi connectivity index (χ0v) is 14.8. The van der Waals surface area contributed by atoms with Crippen molar-refractivity contribution in [2.75, 3.05) is 43.6 Å². The topological polar surface area (TPSA) is 30.5 Å². The van der Waals surface area contributed by atoms with Crippen molar-refractivity contribution in [1.82, 2.24) is 5.32 Å². The lowest BCUT2D eigenvalue weighted by Crippen LogP contribution is -2.52. The van der Waals surface area contributed by atoms with E-state index in [1.165, 1.54) is 36.5 Å². The molecule has 1 N–H and O–H groups in total. The van der Waals surface area contributed by atoms with Crippen LogP contribution in [-0.2, 0) is 9.47 Å². The molecule has 3 rings (SSSR count). The van der Waals surface area contributed by atoms with Crippen molar-refractivity contribution in [3.05, 3.63) is 0 Å². The molecular formula is C16H29NO2S2. The Morgan fingerprint density at radius 1 is 1.33 bits per heavy atom. The van der Waals surface area contributed by atoms with E-state index in [2.05, 4.69) is 35.8 Å². The second-order valence-electron chi connectivity index (χ2n) is 6.55. The summed E-state index contributed by atoms with van der Waals surface area (Å²) in [5, 5.41) is 4.66. The van der Waals surface area contributed by atoms with Gasteiger partial charge in [-0.25, -0.2) is 0 Å². The summed E-state index contributed by atoms with van der Waals surface area (Å²) in [6.07, 6.45) is 4.72. The van der Waals surface area contributed by atoms with Crippen molar-refractivity contribution in [2.24, 2.45) is 5.92 Å². The van der Waals surface area contributed by atoms with E-state index in [1.54, 1.807) is 0 Å². The Balaban J connectivity index is 1.65. The van der Waals surface area contributed by atoms with Crippen LogP contribution in [-0.4, -0.2) is 60.5 Å². The zero-order chi connectivity index (χ0) is 14.5. The molecule has 0 aromatic carbocycles. The Kier molecular flexibility index (Phi) is 6.19. The van der Waals surface area contributed by atoms with Crippen LogP contribution in [0.2, 0.25) is 0 Å². The number of nitrogens with one attached hydrogen (secondary N) is 1. The van der Waals surface area contributed by atoms with Crippen LogP contribution < -0.4 is 5.32 Å². The van der Waals surface area contributed by atoms with Gasteiger partial charge in [0.2, 0.25) is 0 Å². The fraction of sp³-hybridized carbons (Fsp3) is 1.00. The Hall–Kier alpha value is 0.580. The molecule has 4 unspecified atom stereocenters. The number of hydrogen-bond donors (Lipinski definition) is 1. The van der Waals surface area contributed by atoms with Gasteiger partial charge in [0.05, 0.1) is 12.2 Å². The van der Waals surface area contributed by atoms with Crippen molar-refractivity contribution in [3.63, 3.8) is 0 Å². The average Bonchev–Trinajstić information content (AvgIpc) is 2.97. The molecule has 21 heavy (non-hydrogen) atoms. The summed E-state index contributed by atoms with van der Waals surface area (Å²) in [7, 11) is 0. The second kappa shape index (κ2) is 7.91. The lowest BCUT2D eigenvalue weighted by atomic mass is 9.80. The smallest absolute Gasteiger partial charge is 0.0939 e. The maximum absolute atomic E-state index is 6.13. The van der Waals surface area contributed by atoms with Gasteiger partial charge in [0.15, 0.2) is 0 Å². The lowest BCUT2D eigenvalue weighted by molar-refractivity contribution is -0.103. The first-order valence-electron chi connectivity index (χ1n) is 8.47. The molecular weight excluding hydrogens is 302 g/mol. The first kappa shape index (κ1) is 16.4. The summed E-state index contributed by atoms with van der Waals surface area (Å²) in [5.74, 6) is 4.71. The predicted octanol–water partition coefficient (Wildman–Crippen LogP) is 2.79. The molecule has 0 radical (unpaired) electrons. The molecule has 3 aliphatic heterocycles. The van der Waals surface area contributed by atoms with E-state index in [0.717, 1.165) is 44.0 Å². The molecule has 0 saturated carbocycles. The third-order valence-electron chi connectivity index (χ3n) is 4.98. The van der Waals surface area contributed by atoms with E-state index in [0.29, 0.717) is 6.04 Å². The Morgan fingerprint density at radius 2 is 2.29 bits per heavy atom. The molecule has 122 valence electrons. The number of hydrogen-bond acceptors (Lipinski definition) is 5. The molecule has 0 aliphatic carbocycles. The molecule has 1 spiro atoms. The van der Waals surface area contributed by atoms with Gasteiger partial charge in [0.25, 0.3) is 0 Å². The highest BCUT2D eigenvalue weighted by Crippen LogP contribution is 2.40. The number of thioether (sulfide) groups is 2. The van der Waals surface area contributed by atoms with Gasteiger partial charge in [0, 0.05) is 48.2 Å². The van der Waals surface area contributed by atoms with E-state index in [-0.39, 0.29) is 5.60 Å². The van der Waals surface area contributed by atoms with Crippen LogP contribution in [0.4, 0.5) is 0 Å². The van der Waals surface area contributed by atoms with Gasteiger partial charge in [0.1, 0.15) is 0 Å². The minimum atomic E-state index is 0.0432. The van der Waals surface area contributed by atoms with Crippen LogP contribution in [0, 0.1) is 5.92 Å². The maximum atomic E-state index is 6.13. The molecule has 3 aliphatic rings. The SMILES string of the molecule is CCCNC(C1CCOC2(CCOC2)C1)C1CSCCS1. The van der Waals surface area contributed by atoms with Gasteiger partial charge in [-0.3, -0.25) is 0 Å². The summed E-state index contributed by atoms with van der Waals surface area (Å²) in [6.45, 7) is 6.03. The highest BCUT2D eigenvalue weighted by molar-refractivity contribution is 8.06. The van der Waals surface area contributed by atoms with E-state index >= 15 is 0 Å². The van der Waals surface area contributed by atoms with E-state index in [1.807, 2.05) is 0 Å². The minimum absolute atomic E-state index is 0.0432. The molecule has 0 aromatic heterocycles. The molecule has 0 amide bonds.